The second-order valence-corrected chi connectivity index (χ2v) is 8.51. The number of carboxylic acid groups (broad SMARTS) is 1. The van der Waals surface area contributed by atoms with Crippen molar-refractivity contribution in [3.05, 3.63) is 0 Å². The molecule has 160 valence electrons. The fourth-order valence-corrected chi connectivity index (χ4v) is 5.19. The lowest BCUT2D eigenvalue weighted by molar-refractivity contribution is -0.352. The number of carbonyl (C=O) groups excluding carboxylic acids is 2. The molecule has 2 amide bonds. The van der Waals surface area contributed by atoms with Crippen molar-refractivity contribution in [3.8, 4) is 0 Å². The average Bonchev–Trinajstić information content (AvgIpc) is 2.89. The molecular formula is C17H28N2O8S. The van der Waals surface area contributed by atoms with Crippen molar-refractivity contribution in [1.82, 2.24) is 10.2 Å². The van der Waals surface area contributed by atoms with E-state index < -0.39 is 45.6 Å². The van der Waals surface area contributed by atoms with Crippen molar-refractivity contribution >= 4 is 29.5 Å². The van der Waals surface area contributed by atoms with Crippen LogP contribution in [0.15, 0.2) is 0 Å². The van der Waals surface area contributed by atoms with Gasteiger partial charge in [-0.2, -0.15) is 0 Å². The quantitative estimate of drug-likeness (QED) is 0.381. The molecule has 10 nitrogen and oxygen atoms in total. The minimum absolute atomic E-state index is 0.125. The summed E-state index contributed by atoms with van der Waals surface area (Å²) < 4.78 is 21.0. The molecule has 0 aromatic rings. The molecule has 2 aliphatic heterocycles. The Morgan fingerprint density at radius 2 is 1.68 bits per heavy atom. The van der Waals surface area contributed by atoms with E-state index in [1.165, 1.54) is 23.8 Å². The normalized spacial score (nSPS) is 28.6. The van der Waals surface area contributed by atoms with Gasteiger partial charge in [0, 0.05) is 11.9 Å². The first kappa shape index (κ1) is 22.9. The van der Waals surface area contributed by atoms with Crippen LogP contribution in [0.4, 0.5) is 0 Å². The molecule has 2 saturated heterocycles. The highest BCUT2D eigenvalue weighted by molar-refractivity contribution is 8.01. The van der Waals surface area contributed by atoms with E-state index in [0.29, 0.717) is 0 Å². The van der Waals surface area contributed by atoms with Gasteiger partial charge in [0.05, 0.1) is 19.8 Å². The predicted octanol–water partition coefficient (Wildman–Crippen LogP) is 0.356. The largest absolute Gasteiger partial charge is 0.480 e. The van der Waals surface area contributed by atoms with Crippen molar-refractivity contribution in [2.45, 2.75) is 62.5 Å². The minimum atomic E-state index is -2.03. The second-order valence-electron chi connectivity index (χ2n) is 6.78. The molecule has 2 aliphatic rings. The topological polar surface area (TPSA) is 124 Å². The molecule has 0 aromatic carbocycles. The summed E-state index contributed by atoms with van der Waals surface area (Å²) in [5.41, 5.74) is -1.74. The Labute approximate surface area is 168 Å². The maximum absolute atomic E-state index is 13.1. The zero-order chi connectivity index (χ0) is 21.3. The van der Waals surface area contributed by atoms with Gasteiger partial charge in [-0.25, -0.2) is 4.79 Å². The Morgan fingerprint density at radius 3 is 2.07 bits per heavy atom. The molecule has 0 bridgehead atoms. The van der Waals surface area contributed by atoms with Crippen LogP contribution in [0.3, 0.4) is 0 Å². The fraction of sp³-hybridized carbons (Fsp3) is 0.824. The number of β-lactam (4-membered cyclic amide) rings is 1. The van der Waals surface area contributed by atoms with Crippen molar-refractivity contribution < 1.29 is 38.4 Å². The Kier molecular flexibility index (Phi) is 6.66. The molecule has 1 unspecified atom stereocenters. The van der Waals surface area contributed by atoms with Gasteiger partial charge in [-0.15, -0.1) is 11.8 Å². The molecule has 0 radical (unpaired) electrons. The molecule has 0 aliphatic carbocycles. The first-order valence-electron chi connectivity index (χ1n) is 9.09. The lowest BCUT2D eigenvalue weighted by Gasteiger charge is -2.52. The van der Waals surface area contributed by atoms with Crippen LogP contribution < -0.4 is 5.32 Å². The summed E-state index contributed by atoms with van der Waals surface area (Å²) >= 11 is 1.24. The zero-order valence-corrected chi connectivity index (χ0v) is 17.8. The van der Waals surface area contributed by atoms with E-state index in [1.807, 2.05) is 0 Å². The van der Waals surface area contributed by atoms with Crippen molar-refractivity contribution in [1.29, 1.82) is 0 Å². The number of hydrogen-bond acceptors (Lipinski definition) is 8. The third-order valence-electron chi connectivity index (χ3n) is 4.64. The van der Waals surface area contributed by atoms with Crippen molar-refractivity contribution in [3.63, 3.8) is 0 Å². The van der Waals surface area contributed by atoms with E-state index in [0.717, 1.165) is 0 Å². The summed E-state index contributed by atoms with van der Waals surface area (Å²) in [5.74, 6) is -4.62. The summed E-state index contributed by atoms with van der Waals surface area (Å²) in [6.45, 7) is 8.86. The van der Waals surface area contributed by atoms with Gasteiger partial charge in [0.15, 0.2) is 0 Å². The van der Waals surface area contributed by atoms with Gasteiger partial charge in [0.1, 0.15) is 11.4 Å². The molecule has 0 spiro atoms. The van der Waals surface area contributed by atoms with E-state index in [4.69, 9.17) is 18.9 Å². The number of aliphatic carboxylic acids is 1. The number of fused-ring (bicyclic) bond motifs is 1. The summed E-state index contributed by atoms with van der Waals surface area (Å²) in [4.78, 5) is 38.9. The van der Waals surface area contributed by atoms with Crippen LogP contribution in [0.5, 0.6) is 0 Å². The molecule has 0 aromatic heterocycles. The first-order chi connectivity index (χ1) is 13.1. The molecule has 0 saturated carbocycles. The van der Waals surface area contributed by atoms with Crippen LogP contribution in [0.25, 0.3) is 0 Å². The number of rotatable bonds is 10. The smallest absolute Gasteiger partial charge is 0.367 e. The minimum Gasteiger partial charge on any atom is -0.480 e. The molecule has 2 rings (SSSR count). The number of ether oxygens (including phenoxy) is 4. The molecular weight excluding hydrogens is 392 g/mol. The maximum Gasteiger partial charge on any atom is 0.367 e. The van der Waals surface area contributed by atoms with Crippen LogP contribution in [-0.4, -0.2) is 82.6 Å². The Hall–Kier alpha value is -1.40. The first-order valence-corrected chi connectivity index (χ1v) is 9.97. The number of carboxylic acids is 1. The van der Waals surface area contributed by atoms with E-state index in [-0.39, 0.29) is 19.8 Å². The number of nitrogens with zero attached hydrogens (tertiary/aromatic N) is 1. The van der Waals surface area contributed by atoms with Crippen LogP contribution in [0, 0.1) is 0 Å². The van der Waals surface area contributed by atoms with Gasteiger partial charge in [-0.3, -0.25) is 9.59 Å². The van der Waals surface area contributed by atoms with Gasteiger partial charge in [0.2, 0.25) is 0 Å². The Bertz CT molecular complexity index is 626. The van der Waals surface area contributed by atoms with Crippen LogP contribution in [0.1, 0.15) is 34.6 Å². The summed E-state index contributed by atoms with van der Waals surface area (Å²) in [6.07, 6.45) is 0. The lowest BCUT2D eigenvalue weighted by Crippen LogP contribution is -2.81. The molecule has 3 atom stereocenters. The van der Waals surface area contributed by atoms with E-state index >= 15 is 0 Å². The number of nitrogens with one attached hydrogen (secondary N) is 1. The molecule has 2 heterocycles. The monoisotopic (exact) mass is 420 g/mol. The highest BCUT2D eigenvalue weighted by Gasteiger charge is 2.73. The highest BCUT2D eigenvalue weighted by atomic mass is 32.2. The molecule has 28 heavy (non-hydrogen) atoms. The highest BCUT2D eigenvalue weighted by Crippen LogP contribution is 2.55. The van der Waals surface area contributed by atoms with Crippen LogP contribution in [-0.2, 0) is 33.3 Å². The van der Waals surface area contributed by atoms with Gasteiger partial charge in [0.25, 0.3) is 11.6 Å². The summed E-state index contributed by atoms with van der Waals surface area (Å²) in [7, 11) is 1.28. The molecule has 2 fully saturated rings. The second kappa shape index (κ2) is 8.15. The van der Waals surface area contributed by atoms with E-state index in [9.17, 15) is 19.5 Å². The Balaban J connectivity index is 2.34. The number of thioether (sulfide) groups is 1. The van der Waals surface area contributed by atoms with Gasteiger partial charge in [-0.05, 0) is 34.6 Å². The van der Waals surface area contributed by atoms with E-state index in [2.05, 4.69) is 5.32 Å². The molecule has 11 heteroatoms. The van der Waals surface area contributed by atoms with E-state index in [1.54, 1.807) is 34.6 Å². The average molecular weight is 420 g/mol. The third kappa shape index (κ3) is 3.39. The standard InChI is InChI=1S/C17H28N2O8S/c1-7-25-17(26-8-2,27-9-3)12(22)18-16(24-6)13(23)19-10(11(20)21)15(4,5)28-14(16)19/h10,14H,7-9H2,1-6H3,(H,18,22)(H,20,21)/t10-,14+,16?/m0/s1. The van der Waals surface area contributed by atoms with Crippen LogP contribution in [0.2, 0.25) is 0 Å². The van der Waals surface area contributed by atoms with Crippen molar-refractivity contribution in [2.24, 2.45) is 0 Å². The summed E-state index contributed by atoms with van der Waals surface area (Å²) in [5, 5.41) is 11.4. The maximum atomic E-state index is 13.1. The number of carbonyl (C=O) groups is 3. The van der Waals surface area contributed by atoms with Crippen molar-refractivity contribution in [2.75, 3.05) is 26.9 Å². The lowest BCUT2D eigenvalue weighted by atomic mass is 9.93. The fourth-order valence-electron chi connectivity index (χ4n) is 3.52. The van der Waals surface area contributed by atoms with Gasteiger partial charge in [-0.1, -0.05) is 0 Å². The van der Waals surface area contributed by atoms with Gasteiger partial charge >= 0.3 is 17.8 Å². The Morgan fingerprint density at radius 1 is 1.18 bits per heavy atom. The predicted molar refractivity (Wildman–Crippen MR) is 99.2 cm³/mol. The van der Waals surface area contributed by atoms with Gasteiger partial charge < -0.3 is 34.3 Å². The SMILES string of the molecule is CCOC(OCC)(OCC)C(=O)NC1(OC)C(=O)N2[C@@H](C(=O)O)C(C)(C)S[C@@H]21. The number of methoxy groups -OCH3 is 1. The van der Waals surface area contributed by atoms with Crippen LogP contribution >= 0.6 is 11.8 Å². The number of amides is 2. The third-order valence-corrected chi connectivity index (χ3v) is 6.25. The zero-order valence-electron chi connectivity index (χ0n) is 16.9. The summed E-state index contributed by atoms with van der Waals surface area (Å²) in [6, 6.07) is -1.04. The molecule has 2 N–H and O–H groups in total. The number of hydrogen-bond donors (Lipinski definition) is 2.